The number of carbonyl (C=O) groups is 1. The number of hydrogen-bond acceptors (Lipinski definition) is 4. The van der Waals surface area contributed by atoms with Crippen LogP contribution < -0.4 is 0 Å². The first-order valence-electron chi connectivity index (χ1n) is 12.3. The lowest BCUT2D eigenvalue weighted by Gasteiger charge is -2.61. The van der Waals surface area contributed by atoms with Crippen LogP contribution in [-0.2, 0) is 4.79 Å². The van der Waals surface area contributed by atoms with Crippen molar-refractivity contribution in [2.24, 2.45) is 40.4 Å². The van der Waals surface area contributed by atoms with E-state index in [4.69, 9.17) is 0 Å². The van der Waals surface area contributed by atoms with Gasteiger partial charge in [0.05, 0.1) is 11.8 Å². The second-order valence-corrected chi connectivity index (χ2v) is 12.0. The van der Waals surface area contributed by atoms with Crippen LogP contribution in [0.1, 0.15) is 91.5 Å². The van der Waals surface area contributed by atoms with Crippen LogP contribution in [0.2, 0.25) is 0 Å². The maximum Gasteiger partial charge on any atom is 0.160 e. The fourth-order valence-corrected chi connectivity index (χ4v) is 8.74. The van der Waals surface area contributed by atoms with E-state index in [-0.39, 0.29) is 17.4 Å². The summed E-state index contributed by atoms with van der Waals surface area (Å²) >= 11 is 0. The van der Waals surface area contributed by atoms with Gasteiger partial charge in [-0.1, -0.05) is 19.1 Å². The minimum Gasteiger partial charge on any atom is -0.390 e. The molecule has 0 amide bonds. The zero-order chi connectivity index (χ0) is 21.3. The summed E-state index contributed by atoms with van der Waals surface area (Å²) in [5.41, 5.74) is 0.0433. The van der Waals surface area contributed by atoms with Crippen molar-refractivity contribution in [1.29, 1.82) is 0 Å². The topological polar surface area (TPSA) is 68.0 Å². The van der Waals surface area contributed by atoms with Crippen molar-refractivity contribution in [3.8, 4) is 0 Å². The zero-order valence-electron chi connectivity index (χ0n) is 19.2. The smallest absolute Gasteiger partial charge is 0.160 e. The van der Waals surface area contributed by atoms with Crippen LogP contribution in [0.4, 0.5) is 0 Å². The molecule has 0 aromatic carbocycles. The quantitative estimate of drug-likeness (QED) is 0.771. The Morgan fingerprint density at radius 3 is 2.53 bits per heavy atom. The van der Waals surface area contributed by atoms with Crippen LogP contribution >= 0.6 is 0 Å². The third kappa shape index (κ3) is 2.94. The van der Waals surface area contributed by atoms with E-state index in [1.807, 2.05) is 20.0 Å². The van der Waals surface area contributed by atoms with E-state index >= 15 is 0 Å². The molecule has 4 fully saturated rings. The molecule has 4 aliphatic rings. The van der Waals surface area contributed by atoms with E-state index < -0.39 is 5.60 Å². The summed E-state index contributed by atoms with van der Waals surface area (Å²) in [6.07, 6.45) is 13.8. The van der Waals surface area contributed by atoms with Gasteiger partial charge in [-0.25, -0.2) is 4.68 Å². The first-order valence-corrected chi connectivity index (χ1v) is 12.3. The van der Waals surface area contributed by atoms with Crippen molar-refractivity contribution in [3.05, 3.63) is 12.4 Å². The summed E-state index contributed by atoms with van der Waals surface area (Å²) in [5, 5.41) is 18.7. The van der Waals surface area contributed by atoms with Gasteiger partial charge in [0.2, 0.25) is 0 Å². The minimum absolute atomic E-state index is 0.135. The van der Waals surface area contributed by atoms with Crippen molar-refractivity contribution < 1.29 is 9.90 Å². The van der Waals surface area contributed by atoms with E-state index in [2.05, 4.69) is 24.2 Å². The third-order valence-corrected chi connectivity index (χ3v) is 10.5. The molecule has 1 heterocycles. The molecule has 0 radical (unpaired) electrons. The lowest BCUT2D eigenvalue weighted by atomic mass is 9.44. The number of nitrogens with zero attached hydrogens (tertiary/aromatic N) is 3. The molecule has 1 N–H and O–H groups in total. The highest BCUT2D eigenvalue weighted by molar-refractivity contribution is 5.85. The summed E-state index contributed by atoms with van der Waals surface area (Å²) in [6, 6.07) is -0.223. The van der Waals surface area contributed by atoms with Crippen LogP contribution in [0.25, 0.3) is 0 Å². The Balaban J connectivity index is 1.37. The van der Waals surface area contributed by atoms with Crippen LogP contribution in [0.3, 0.4) is 0 Å². The summed E-state index contributed by atoms with van der Waals surface area (Å²) in [6.45, 7) is 8.99. The van der Waals surface area contributed by atoms with Gasteiger partial charge in [-0.2, -0.15) is 0 Å². The molecular formula is C25H39N3O2. The van der Waals surface area contributed by atoms with Gasteiger partial charge in [0.15, 0.2) is 5.78 Å². The normalized spacial score (nSPS) is 49.0. The molecule has 166 valence electrons. The largest absolute Gasteiger partial charge is 0.390 e. The third-order valence-electron chi connectivity index (χ3n) is 10.5. The second kappa shape index (κ2) is 6.88. The number of hydrogen-bond donors (Lipinski definition) is 1. The summed E-state index contributed by atoms with van der Waals surface area (Å²) in [5.74, 6) is 3.38. The van der Waals surface area contributed by atoms with Crippen LogP contribution in [0, 0.1) is 40.4 Å². The number of ketones is 1. The van der Waals surface area contributed by atoms with Crippen molar-refractivity contribution in [2.75, 3.05) is 0 Å². The molecule has 5 rings (SSSR count). The van der Waals surface area contributed by atoms with Crippen molar-refractivity contribution in [2.45, 2.75) is 97.1 Å². The van der Waals surface area contributed by atoms with Gasteiger partial charge in [-0.15, -0.1) is 5.10 Å². The van der Waals surface area contributed by atoms with Crippen molar-refractivity contribution >= 4 is 5.78 Å². The molecule has 0 saturated heterocycles. The predicted molar refractivity (Wildman–Crippen MR) is 116 cm³/mol. The highest BCUT2D eigenvalue weighted by Gasteiger charge is 2.62. The number of Topliss-reactive ketones (excluding diaryl/α,β-unsaturated/α-hetero) is 1. The molecule has 1 aromatic rings. The van der Waals surface area contributed by atoms with Gasteiger partial charge in [0.1, 0.15) is 6.04 Å². The number of rotatable bonds is 3. The standard InChI is InChI=1S/C25H39N3O2/c1-16(28-14-13-26-27-28)22(29)21-8-7-19-18-6-5-17-15-23(2,30)11-12-24(17,3)20(18)9-10-25(19,21)4/h13-14,16-21,30H,5-12,15H2,1-4H3/t16-,17-,18+,19+,20+,21-,23-,24+,25+/m1/s1. The molecule has 30 heavy (non-hydrogen) atoms. The molecule has 0 bridgehead atoms. The van der Waals surface area contributed by atoms with E-state index in [9.17, 15) is 9.90 Å². The van der Waals surface area contributed by atoms with Gasteiger partial charge in [-0.05, 0) is 106 Å². The average Bonchev–Trinajstić information content (AvgIpc) is 3.35. The van der Waals surface area contributed by atoms with Gasteiger partial charge in [-0.3, -0.25) is 4.79 Å². The predicted octanol–water partition coefficient (Wildman–Crippen LogP) is 4.82. The lowest BCUT2D eigenvalue weighted by Crippen LogP contribution is -2.55. The first kappa shape index (κ1) is 20.7. The molecule has 0 spiro atoms. The molecule has 0 aliphatic heterocycles. The van der Waals surface area contributed by atoms with Gasteiger partial charge in [0.25, 0.3) is 0 Å². The van der Waals surface area contributed by atoms with Crippen LogP contribution in [0.5, 0.6) is 0 Å². The Morgan fingerprint density at radius 2 is 1.80 bits per heavy atom. The van der Waals surface area contributed by atoms with E-state index in [1.165, 1.54) is 38.5 Å². The number of aliphatic hydroxyl groups is 1. The molecular weight excluding hydrogens is 374 g/mol. The molecule has 1 aromatic heterocycles. The summed E-state index contributed by atoms with van der Waals surface area (Å²) < 4.78 is 1.73. The average molecular weight is 414 g/mol. The van der Waals surface area contributed by atoms with Gasteiger partial charge >= 0.3 is 0 Å². The number of aromatic nitrogens is 3. The zero-order valence-corrected chi connectivity index (χ0v) is 19.2. The maximum absolute atomic E-state index is 13.5. The fourth-order valence-electron chi connectivity index (χ4n) is 8.74. The SMILES string of the molecule is C[C@H](C(=O)[C@H]1CC[C@H]2[C@@H]3CC[C@@H]4C[C@](C)(O)CC[C@]4(C)[C@H]3CC[C@]12C)n1ccnn1. The molecule has 0 unspecified atom stereocenters. The Labute approximate surface area is 181 Å². The first-order chi connectivity index (χ1) is 14.2. The Bertz CT molecular complexity index is 805. The molecule has 9 atom stereocenters. The molecule has 4 saturated carbocycles. The number of fused-ring (bicyclic) bond motifs is 5. The van der Waals surface area contributed by atoms with E-state index in [0.29, 0.717) is 23.0 Å². The van der Waals surface area contributed by atoms with Gasteiger partial charge in [0, 0.05) is 12.1 Å². The fraction of sp³-hybridized carbons (Fsp3) is 0.880. The molecule has 4 aliphatic carbocycles. The number of carbonyl (C=O) groups excluding carboxylic acids is 1. The maximum atomic E-state index is 13.5. The minimum atomic E-state index is -0.470. The highest BCUT2D eigenvalue weighted by atomic mass is 16.3. The summed E-state index contributed by atoms with van der Waals surface area (Å²) in [7, 11) is 0. The Hall–Kier alpha value is -1.23. The second-order valence-electron chi connectivity index (χ2n) is 12.0. The lowest BCUT2D eigenvalue weighted by molar-refractivity contribution is -0.151. The van der Waals surface area contributed by atoms with E-state index in [1.54, 1.807) is 10.9 Å². The van der Waals surface area contributed by atoms with Crippen molar-refractivity contribution in [1.82, 2.24) is 15.0 Å². The van der Waals surface area contributed by atoms with E-state index in [0.717, 1.165) is 31.1 Å². The van der Waals surface area contributed by atoms with Gasteiger partial charge < -0.3 is 5.11 Å². The monoisotopic (exact) mass is 413 g/mol. The van der Waals surface area contributed by atoms with Crippen molar-refractivity contribution in [3.63, 3.8) is 0 Å². The van der Waals surface area contributed by atoms with Crippen LogP contribution in [-0.4, -0.2) is 31.5 Å². The Kier molecular flexibility index (Phi) is 4.74. The molecule has 5 heteroatoms. The Morgan fingerprint density at radius 1 is 1.03 bits per heavy atom. The molecule has 5 nitrogen and oxygen atoms in total. The highest BCUT2D eigenvalue weighted by Crippen LogP contribution is 2.68. The van der Waals surface area contributed by atoms with Crippen LogP contribution in [0.15, 0.2) is 12.4 Å². The summed E-state index contributed by atoms with van der Waals surface area (Å²) in [4.78, 5) is 13.5.